The Morgan fingerprint density at radius 3 is 2.59 bits per heavy atom. The summed E-state index contributed by atoms with van der Waals surface area (Å²) in [5, 5.41) is 8.03. The first kappa shape index (κ1) is 19.0. The van der Waals surface area contributed by atoms with Crippen molar-refractivity contribution < 1.29 is 19.1 Å². The summed E-state index contributed by atoms with van der Waals surface area (Å²) in [4.78, 5) is 28.0. The minimum Gasteiger partial charge on any atom is -0.486 e. The Bertz CT molecular complexity index is 842. The number of hydrogen-bond donors (Lipinski definition) is 3. The highest BCUT2D eigenvalue weighted by atomic mass is 79.9. The van der Waals surface area contributed by atoms with E-state index in [1.165, 1.54) is 0 Å². The van der Waals surface area contributed by atoms with E-state index in [0.717, 1.165) is 5.56 Å². The zero-order chi connectivity index (χ0) is 19.2. The lowest BCUT2D eigenvalue weighted by Crippen LogP contribution is -2.31. The van der Waals surface area contributed by atoms with Gasteiger partial charge in [-0.1, -0.05) is 6.07 Å². The molecule has 0 radical (unpaired) electrons. The van der Waals surface area contributed by atoms with E-state index in [4.69, 9.17) is 9.47 Å². The quantitative estimate of drug-likeness (QED) is 0.670. The minimum atomic E-state index is -0.423. The van der Waals surface area contributed by atoms with Crippen LogP contribution in [-0.4, -0.2) is 36.7 Å². The molecule has 0 saturated heterocycles. The number of aryl methyl sites for hydroxylation is 1. The van der Waals surface area contributed by atoms with Gasteiger partial charge in [0.15, 0.2) is 11.5 Å². The molecule has 9 heteroatoms. The van der Waals surface area contributed by atoms with Gasteiger partial charge in [-0.15, -0.1) is 0 Å². The third-order valence-electron chi connectivity index (χ3n) is 3.70. The third kappa shape index (κ3) is 5.33. The van der Waals surface area contributed by atoms with Gasteiger partial charge in [0.1, 0.15) is 19.0 Å². The molecule has 8 nitrogen and oxygen atoms in total. The standard InChI is InChI=1S/C18H19BrN4O4/c1-11-2-3-16(21-10-11)23-17(24)4-5-20-18(25)22-13-9-15-14(8-12(13)19)26-6-7-27-15/h2-3,8-10H,4-7H2,1H3,(H2,20,22,25)(H,21,23,24). The van der Waals surface area contributed by atoms with Crippen molar-refractivity contribution in [1.82, 2.24) is 10.3 Å². The molecule has 1 aliphatic rings. The van der Waals surface area contributed by atoms with Crippen LogP contribution in [0.4, 0.5) is 16.3 Å². The van der Waals surface area contributed by atoms with Crippen molar-refractivity contribution in [2.24, 2.45) is 0 Å². The highest BCUT2D eigenvalue weighted by Gasteiger charge is 2.16. The predicted molar refractivity (Wildman–Crippen MR) is 104 cm³/mol. The molecular weight excluding hydrogens is 416 g/mol. The number of benzene rings is 1. The van der Waals surface area contributed by atoms with Crippen molar-refractivity contribution in [1.29, 1.82) is 0 Å². The first-order valence-electron chi connectivity index (χ1n) is 8.38. The molecule has 0 spiro atoms. The number of fused-ring (bicyclic) bond motifs is 1. The van der Waals surface area contributed by atoms with Crippen LogP contribution in [0.3, 0.4) is 0 Å². The van der Waals surface area contributed by atoms with E-state index in [0.29, 0.717) is 40.7 Å². The molecular formula is C18H19BrN4O4. The predicted octanol–water partition coefficient (Wildman–Crippen LogP) is 3.07. The number of nitrogens with one attached hydrogen (secondary N) is 3. The average Bonchev–Trinajstić information content (AvgIpc) is 2.64. The Kier molecular flexibility index (Phi) is 6.12. The van der Waals surface area contributed by atoms with Gasteiger partial charge in [-0.05, 0) is 34.5 Å². The molecule has 27 heavy (non-hydrogen) atoms. The molecule has 0 aliphatic carbocycles. The number of urea groups is 1. The first-order chi connectivity index (χ1) is 13.0. The summed E-state index contributed by atoms with van der Waals surface area (Å²) in [6.07, 6.45) is 1.80. The molecule has 3 amide bonds. The van der Waals surface area contributed by atoms with E-state index < -0.39 is 6.03 Å². The number of ether oxygens (including phenoxy) is 2. The molecule has 0 atom stereocenters. The van der Waals surface area contributed by atoms with E-state index in [1.54, 1.807) is 24.4 Å². The number of rotatable bonds is 5. The summed E-state index contributed by atoms with van der Waals surface area (Å²) >= 11 is 3.39. The van der Waals surface area contributed by atoms with Gasteiger partial charge in [0.05, 0.1) is 5.69 Å². The van der Waals surface area contributed by atoms with E-state index in [-0.39, 0.29) is 18.9 Å². The smallest absolute Gasteiger partial charge is 0.319 e. The molecule has 1 aromatic heterocycles. The maximum absolute atomic E-state index is 12.1. The highest BCUT2D eigenvalue weighted by Crippen LogP contribution is 2.38. The fourth-order valence-electron chi connectivity index (χ4n) is 2.36. The number of pyridine rings is 1. The highest BCUT2D eigenvalue weighted by molar-refractivity contribution is 9.10. The lowest BCUT2D eigenvalue weighted by Gasteiger charge is -2.20. The van der Waals surface area contributed by atoms with Crippen LogP contribution in [-0.2, 0) is 4.79 Å². The summed E-state index contributed by atoms with van der Waals surface area (Å²) in [6.45, 7) is 3.06. The molecule has 2 aromatic rings. The molecule has 1 aliphatic heterocycles. The second kappa shape index (κ2) is 8.72. The maximum atomic E-state index is 12.1. The van der Waals surface area contributed by atoms with Crippen LogP contribution in [0.2, 0.25) is 0 Å². The van der Waals surface area contributed by atoms with E-state index in [2.05, 4.69) is 36.9 Å². The van der Waals surface area contributed by atoms with Crippen molar-refractivity contribution >= 4 is 39.4 Å². The molecule has 0 unspecified atom stereocenters. The van der Waals surface area contributed by atoms with E-state index in [9.17, 15) is 9.59 Å². The summed E-state index contributed by atoms with van der Waals surface area (Å²) in [6, 6.07) is 6.60. The number of amides is 3. The Morgan fingerprint density at radius 2 is 1.89 bits per heavy atom. The molecule has 0 saturated carbocycles. The van der Waals surface area contributed by atoms with Crippen molar-refractivity contribution in [3.05, 3.63) is 40.5 Å². The van der Waals surface area contributed by atoms with E-state index >= 15 is 0 Å². The molecule has 1 aromatic carbocycles. The van der Waals surface area contributed by atoms with Crippen molar-refractivity contribution in [2.45, 2.75) is 13.3 Å². The van der Waals surface area contributed by atoms with Crippen LogP contribution in [0.5, 0.6) is 11.5 Å². The normalized spacial score (nSPS) is 12.2. The summed E-state index contributed by atoms with van der Waals surface area (Å²) in [5.41, 5.74) is 1.56. The Labute approximate surface area is 164 Å². The van der Waals surface area contributed by atoms with Gasteiger partial charge in [0, 0.05) is 35.8 Å². The second-order valence-electron chi connectivity index (χ2n) is 5.88. The van der Waals surface area contributed by atoms with Gasteiger partial charge in [0.25, 0.3) is 0 Å². The number of aromatic nitrogens is 1. The Balaban J connectivity index is 1.45. The minimum absolute atomic E-state index is 0.130. The van der Waals surface area contributed by atoms with Crippen LogP contribution in [0.25, 0.3) is 0 Å². The number of carbonyl (C=O) groups excluding carboxylic acids is 2. The fraction of sp³-hybridized carbons (Fsp3) is 0.278. The molecule has 0 bridgehead atoms. The SMILES string of the molecule is Cc1ccc(NC(=O)CCNC(=O)Nc2cc3c(cc2Br)OCCO3)nc1. The molecule has 0 fully saturated rings. The molecule has 3 rings (SSSR count). The number of nitrogens with zero attached hydrogens (tertiary/aromatic N) is 1. The van der Waals surface area contributed by atoms with Crippen LogP contribution < -0.4 is 25.4 Å². The molecule has 2 heterocycles. The molecule has 142 valence electrons. The van der Waals surface area contributed by atoms with Gasteiger partial charge < -0.3 is 25.4 Å². The van der Waals surface area contributed by atoms with Crippen molar-refractivity contribution in [3.63, 3.8) is 0 Å². The van der Waals surface area contributed by atoms with Gasteiger partial charge in [0.2, 0.25) is 5.91 Å². The lowest BCUT2D eigenvalue weighted by molar-refractivity contribution is -0.116. The van der Waals surface area contributed by atoms with Crippen LogP contribution in [0.15, 0.2) is 34.9 Å². The summed E-state index contributed by atoms with van der Waals surface area (Å²) in [7, 11) is 0. The van der Waals surface area contributed by atoms with Crippen LogP contribution >= 0.6 is 15.9 Å². The summed E-state index contributed by atoms with van der Waals surface area (Å²) < 4.78 is 11.7. The number of halogens is 1. The number of carbonyl (C=O) groups is 2. The molecule has 3 N–H and O–H groups in total. The van der Waals surface area contributed by atoms with Crippen LogP contribution in [0.1, 0.15) is 12.0 Å². The Hall–Kier alpha value is -2.81. The first-order valence-corrected chi connectivity index (χ1v) is 9.17. The lowest BCUT2D eigenvalue weighted by atomic mass is 10.2. The zero-order valence-electron chi connectivity index (χ0n) is 14.7. The average molecular weight is 435 g/mol. The van der Waals surface area contributed by atoms with E-state index in [1.807, 2.05) is 13.0 Å². The fourth-order valence-corrected chi connectivity index (χ4v) is 2.78. The van der Waals surface area contributed by atoms with Crippen LogP contribution in [0, 0.1) is 6.92 Å². The van der Waals surface area contributed by atoms with Crippen molar-refractivity contribution in [3.8, 4) is 11.5 Å². The van der Waals surface area contributed by atoms with Gasteiger partial charge in [-0.3, -0.25) is 4.79 Å². The topological polar surface area (TPSA) is 102 Å². The zero-order valence-corrected chi connectivity index (χ0v) is 16.3. The van der Waals surface area contributed by atoms with Crippen molar-refractivity contribution in [2.75, 3.05) is 30.4 Å². The largest absolute Gasteiger partial charge is 0.486 e. The van der Waals surface area contributed by atoms with Gasteiger partial charge >= 0.3 is 6.03 Å². The number of anilines is 2. The Morgan fingerprint density at radius 1 is 1.15 bits per heavy atom. The number of hydrogen-bond acceptors (Lipinski definition) is 5. The monoisotopic (exact) mass is 434 g/mol. The summed E-state index contributed by atoms with van der Waals surface area (Å²) in [5.74, 6) is 1.45. The van der Waals surface area contributed by atoms with Gasteiger partial charge in [-0.2, -0.15) is 0 Å². The maximum Gasteiger partial charge on any atom is 0.319 e. The van der Waals surface area contributed by atoms with Gasteiger partial charge in [-0.25, -0.2) is 9.78 Å². The second-order valence-corrected chi connectivity index (χ2v) is 6.73. The third-order valence-corrected chi connectivity index (χ3v) is 4.35.